The highest BCUT2D eigenvalue weighted by Gasteiger charge is 2.49. The lowest BCUT2D eigenvalue weighted by Gasteiger charge is -2.29. The van der Waals surface area contributed by atoms with Crippen LogP contribution in [-0.2, 0) is 5.60 Å². The Labute approximate surface area is 142 Å². The maximum absolute atomic E-state index is 11.7. The Morgan fingerprint density at radius 1 is 0.708 bits per heavy atom. The molecule has 1 fully saturated rings. The van der Waals surface area contributed by atoms with Crippen molar-refractivity contribution in [3.63, 3.8) is 0 Å². The molecule has 1 nitrogen and oxygen atoms in total. The molecule has 0 spiro atoms. The Morgan fingerprint density at radius 2 is 1.17 bits per heavy atom. The summed E-state index contributed by atoms with van der Waals surface area (Å²) in [5.41, 5.74) is 3.44. The van der Waals surface area contributed by atoms with Crippen molar-refractivity contribution >= 4 is 6.08 Å². The van der Waals surface area contributed by atoms with E-state index in [-0.39, 0.29) is 5.92 Å². The van der Waals surface area contributed by atoms with Crippen LogP contribution in [0.25, 0.3) is 6.08 Å². The Morgan fingerprint density at radius 3 is 1.67 bits per heavy atom. The molecule has 1 unspecified atom stereocenters. The molecule has 24 heavy (non-hydrogen) atoms. The normalized spacial score (nSPS) is 18.5. The smallest absolute Gasteiger partial charge is 0.121 e. The first-order chi connectivity index (χ1) is 11.8. The highest BCUT2D eigenvalue weighted by atomic mass is 16.3. The van der Waals surface area contributed by atoms with Crippen molar-refractivity contribution in [2.24, 2.45) is 5.92 Å². The predicted octanol–water partition coefficient (Wildman–Crippen LogP) is 5.03. The first kappa shape index (κ1) is 14.9. The summed E-state index contributed by atoms with van der Waals surface area (Å²) in [7, 11) is 0. The second kappa shape index (κ2) is 6.10. The summed E-state index contributed by atoms with van der Waals surface area (Å²) in [4.78, 5) is 0. The van der Waals surface area contributed by atoms with Gasteiger partial charge in [-0.15, -0.1) is 0 Å². The van der Waals surface area contributed by atoms with E-state index in [1.165, 1.54) is 11.1 Å². The summed E-state index contributed by atoms with van der Waals surface area (Å²) in [5.74, 6) is 0.127. The lowest BCUT2D eigenvalue weighted by atomic mass is 9.82. The Hall–Kier alpha value is -2.64. The Balaban J connectivity index is 1.75. The molecule has 1 aliphatic rings. The van der Waals surface area contributed by atoms with Crippen LogP contribution in [0.5, 0.6) is 0 Å². The maximum Gasteiger partial charge on any atom is 0.121 e. The fraction of sp³-hybridized carbons (Fsp3) is 0.130. The molecule has 0 heterocycles. The maximum atomic E-state index is 11.7. The van der Waals surface area contributed by atoms with E-state index in [0.717, 1.165) is 17.5 Å². The lowest BCUT2D eigenvalue weighted by molar-refractivity contribution is 0.0612. The fourth-order valence-electron chi connectivity index (χ4n) is 3.47. The minimum atomic E-state index is -0.969. The van der Waals surface area contributed by atoms with Gasteiger partial charge in [0.1, 0.15) is 5.60 Å². The standard InChI is InChI=1S/C23H20O/c24-23(20-12-6-2-7-13-20,21-14-8-3-9-15-21)22-17-19(22)16-18-10-4-1-5-11-18/h1-16,22,24H,17H2/b19-16-. The number of hydrogen-bond acceptors (Lipinski definition) is 1. The second-order valence-corrected chi connectivity index (χ2v) is 6.39. The van der Waals surface area contributed by atoms with Gasteiger partial charge in [0.05, 0.1) is 0 Å². The molecule has 3 aromatic carbocycles. The zero-order valence-corrected chi connectivity index (χ0v) is 13.5. The quantitative estimate of drug-likeness (QED) is 0.716. The SMILES string of the molecule is OC(c1ccccc1)(c1ccccc1)C1C/C1=C/c1ccccc1. The molecule has 1 atom stereocenters. The van der Waals surface area contributed by atoms with E-state index in [9.17, 15) is 5.11 Å². The number of benzene rings is 3. The van der Waals surface area contributed by atoms with Crippen molar-refractivity contribution in [3.05, 3.63) is 113 Å². The molecule has 1 saturated carbocycles. The predicted molar refractivity (Wildman–Crippen MR) is 98.4 cm³/mol. The summed E-state index contributed by atoms with van der Waals surface area (Å²) in [6, 6.07) is 30.3. The van der Waals surface area contributed by atoms with Gasteiger partial charge in [-0.3, -0.25) is 0 Å². The van der Waals surface area contributed by atoms with E-state index in [1.807, 2.05) is 78.9 Å². The number of rotatable bonds is 4. The fourth-order valence-corrected chi connectivity index (χ4v) is 3.47. The molecule has 118 valence electrons. The van der Waals surface area contributed by atoms with Crippen LogP contribution in [0.4, 0.5) is 0 Å². The molecule has 3 aromatic rings. The van der Waals surface area contributed by atoms with E-state index in [0.29, 0.717) is 0 Å². The van der Waals surface area contributed by atoms with Crippen LogP contribution in [0.2, 0.25) is 0 Å². The summed E-state index contributed by atoms with van der Waals surface area (Å²) >= 11 is 0. The monoisotopic (exact) mass is 312 g/mol. The minimum absolute atomic E-state index is 0.127. The van der Waals surface area contributed by atoms with Gasteiger partial charge in [-0.2, -0.15) is 0 Å². The summed E-state index contributed by atoms with van der Waals surface area (Å²) < 4.78 is 0. The van der Waals surface area contributed by atoms with E-state index in [4.69, 9.17) is 0 Å². The molecule has 0 radical (unpaired) electrons. The molecular formula is C23H20O. The van der Waals surface area contributed by atoms with E-state index < -0.39 is 5.60 Å². The zero-order valence-electron chi connectivity index (χ0n) is 13.5. The highest BCUT2D eigenvalue weighted by molar-refractivity contribution is 5.60. The number of hydrogen-bond donors (Lipinski definition) is 1. The van der Waals surface area contributed by atoms with Crippen LogP contribution < -0.4 is 0 Å². The molecule has 1 heteroatoms. The first-order valence-electron chi connectivity index (χ1n) is 8.37. The van der Waals surface area contributed by atoms with Crippen LogP contribution >= 0.6 is 0 Å². The van der Waals surface area contributed by atoms with E-state index in [1.54, 1.807) is 0 Å². The number of aliphatic hydroxyl groups is 1. The van der Waals surface area contributed by atoms with Crippen LogP contribution in [-0.4, -0.2) is 5.11 Å². The van der Waals surface area contributed by atoms with Crippen LogP contribution in [0.15, 0.2) is 96.6 Å². The summed E-state index contributed by atoms with van der Waals surface area (Å²) in [6.07, 6.45) is 3.14. The molecular weight excluding hydrogens is 292 g/mol. The van der Waals surface area contributed by atoms with Gasteiger partial charge >= 0.3 is 0 Å². The molecule has 1 aliphatic carbocycles. The summed E-state index contributed by atoms with van der Waals surface area (Å²) in [5, 5.41) is 11.7. The van der Waals surface area contributed by atoms with Gasteiger partial charge in [0.25, 0.3) is 0 Å². The van der Waals surface area contributed by atoms with Crippen molar-refractivity contribution in [1.82, 2.24) is 0 Å². The van der Waals surface area contributed by atoms with Gasteiger partial charge in [0.2, 0.25) is 0 Å². The van der Waals surface area contributed by atoms with Crippen LogP contribution in [0, 0.1) is 5.92 Å². The van der Waals surface area contributed by atoms with Gasteiger partial charge in [-0.1, -0.05) is 103 Å². The molecule has 0 saturated heterocycles. The van der Waals surface area contributed by atoms with Crippen molar-refractivity contribution in [2.75, 3.05) is 0 Å². The van der Waals surface area contributed by atoms with Gasteiger partial charge in [0, 0.05) is 5.92 Å². The van der Waals surface area contributed by atoms with Gasteiger partial charge in [-0.05, 0) is 23.1 Å². The van der Waals surface area contributed by atoms with Crippen LogP contribution in [0.3, 0.4) is 0 Å². The topological polar surface area (TPSA) is 20.2 Å². The lowest BCUT2D eigenvalue weighted by Crippen LogP contribution is -2.30. The molecule has 0 bridgehead atoms. The molecule has 1 N–H and O–H groups in total. The zero-order chi connectivity index (χ0) is 16.4. The second-order valence-electron chi connectivity index (χ2n) is 6.39. The molecule has 0 aromatic heterocycles. The van der Waals surface area contributed by atoms with Crippen molar-refractivity contribution in [2.45, 2.75) is 12.0 Å². The van der Waals surface area contributed by atoms with Crippen molar-refractivity contribution in [3.8, 4) is 0 Å². The Kier molecular flexibility index (Phi) is 3.79. The average molecular weight is 312 g/mol. The van der Waals surface area contributed by atoms with Gasteiger partial charge in [0.15, 0.2) is 0 Å². The third kappa shape index (κ3) is 2.68. The van der Waals surface area contributed by atoms with E-state index >= 15 is 0 Å². The Bertz CT molecular complexity index is 795. The van der Waals surface area contributed by atoms with Gasteiger partial charge < -0.3 is 5.11 Å². The summed E-state index contributed by atoms with van der Waals surface area (Å²) in [6.45, 7) is 0. The molecule has 0 aliphatic heterocycles. The largest absolute Gasteiger partial charge is 0.380 e. The van der Waals surface area contributed by atoms with Crippen LogP contribution in [0.1, 0.15) is 23.1 Å². The van der Waals surface area contributed by atoms with Gasteiger partial charge in [-0.25, -0.2) is 0 Å². The van der Waals surface area contributed by atoms with Crippen molar-refractivity contribution in [1.29, 1.82) is 0 Å². The molecule has 0 amide bonds. The average Bonchev–Trinajstić information content (AvgIpc) is 3.43. The third-order valence-electron chi connectivity index (χ3n) is 4.81. The minimum Gasteiger partial charge on any atom is -0.380 e. The first-order valence-corrected chi connectivity index (χ1v) is 8.37. The van der Waals surface area contributed by atoms with Crippen molar-refractivity contribution < 1.29 is 5.11 Å². The van der Waals surface area contributed by atoms with E-state index in [2.05, 4.69) is 18.2 Å². The highest BCUT2D eigenvalue weighted by Crippen LogP contribution is 2.54. The molecule has 4 rings (SSSR count). The third-order valence-corrected chi connectivity index (χ3v) is 4.81.